The van der Waals surface area contributed by atoms with Gasteiger partial charge in [0.05, 0.1) is 6.10 Å². The molecule has 4 heteroatoms. The number of rotatable bonds is 1. The first kappa shape index (κ1) is 9.09. The van der Waals surface area contributed by atoms with Gasteiger partial charge in [0.15, 0.2) is 5.78 Å². The summed E-state index contributed by atoms with van der Waals surface area (Å²) in [6, 6.07) is -0.352. The molecule has 0 unspecified atom stereocenters. The minimum Gasteiger partial charge on any atom is -0.364 e. The molecule has 0 aliphatic carbocycles. The molecule has 80 valence electrons. The van der Waals surface area contributed by atoms with Gasteiger partial charge in [-0.2, -0.15) is 0 Å². The lowest BCUT2D eigenvalue weighted by molar-refractivity contribution is -0.147. The summed E-state index contributed by atoms with van der Waals surface area (Å²) in [5.41, 5.74) is 0. The number of nitrogens with zero attached hydrogens (tertiary/aromatic N) is 1. The number of hydrogen-bond acceptors (Lipinski definition) is 3. The molecule has 15 heavy (non-hydrogen) atoms. The number of hydrogen-bond donors (Lipinski definition) is 0. The summed E-state index contributed by atoms with van der Waals surface area (Å²) in [5, 5.41) is 0. The van der Waals surface area contributed by atoms with Crippen LogP contribution in [0, 0.1) is 0 Å². The van der Waals surface area contributed by atoms with Crippen molar-refractivity contribution in [1.29, 1.82) is 0 Å². The first-order valence-corrected chi connectivity index (χ1v) is 5.42. The Bertz CT molecular complexity index is 350. The standard InChI is InChI=1S/C11H13NO3/c13-8-6-7-3-4-9(15-7)11(8)12-5-1-2-10(12)14/h3-4,7,9,11H,1-2,5-6H2/t7-,9+,11+/m0/s1. The Morgan fingerprint density at radius 3 is 2.93 bits per heavy atom. The molecule has 0 aromatic heterocycles. The van der Waals surface area contributed by atoms with Crippen molar-refractivity contribution in [1.82, 2.24) is 4.90 Å². The Hall–Kier alpha value is -1.16. The summed E-state index contributed by atoms with van der Waals surface area (Å²) in [7, 11) is 0. The van der Waals surface area contributed by atoms with E-state index in [9.17, 15) is 9.59 Å². The van der Waals surface area contributed by atoms with Crippen LogP contribution in [0.25, 0.3) is 0 Å². The van der Waals surface area contributed by atoms with E-state index in [2.05, 4.69) is 0 Å². The van der Waals surface area contributed by atoms with E-state index < -0.39 is 0 Å². The summed E-state index contributed by atoms with van der Waals surface area (Å²) >= 11 is 0. The first-order valence-electron chi connectivity index (χ1n) is 5.42. The van der Waals surface area contributed by atoms with E-state index in [1.165, 1.54) is 0 Å². The summed E-state index contributed by atoms with van der Waals surface area (Å²) in [6.07, 6.45) is 5.47. The van der Waals surface area contributed by atoms with E-state index in [1.54, 1.807) is 4.90 Å². The van der Waals surface area contributed by atoms with E-state index in [-0.39, 0.29) is 29.9 Å². The molecule has 0 aromatic rings. The van der Waals surface area contributed by atoms with Crippen LogP contribution in [0.3, 0.4) is 0 Å². The fourth-order valence-corrected chi connectivity index (χ4v) is 2.64. The smallest absolute Gasteiger partial charge is 0.223 e. The van der Waals surface area contributed by atoms with Crippen LogP contribution in [-0.2, 0) is 14.3 Å². The Balaban J connectivity index is 1.87. The molecule has 2 fully saturated rings. The van der Waals surface area contributed by atoms with Crippen LogP contribution in [0.15, 0.2) is 12.2 Å². The molecule has 4 nitrogen and oxygen atoms in total. The summed E-state index contributed by atoms with van der Waals surface area (Å²) in [5.74, 6) is 0.243. The molecule has 0 N–H and O–H groups in total. The van der Waals surface area contributed by atoms with Crippen LogP contribution in [0.2, 0.25) is 0 Å². The second kappa shape index (κ2) is 3.17. The van der Waals surface area contributed by atoms with E-state index >= 15 is 0 Å². The quantitative estimate of drug-likeness (QED) is 0.580. The van der Waals surface area contributed by atoms with E-state index in [0.717, 1.165) is 6.42 Å². The third kappa shape index (κ3) is 1.32. The van der Waals surface area contributed by atoms with Gasteiger partial charge in [-0.25, -0.2) is 0 Å². The summed E-state index contributed by atoms with van der Waals surface area (Å²) < 4.78 is 5.62. The highest BCUT2D eigenvalue weighted by Crippen LogP contribution is 2.30. The number of carbonyl (C=O) groups is 2. The molecule has 3 rings (SSSR count). The molecular formula is C11H13NO3. The molecule has 0 radical (unpaired) electrons. The van der Waals surface area contributed by atoms with Crippen LogP contribution < -0.4 is 0 Å². The first-order chi connectivity index (χ1) is 7.25. The van der Waals surface area contributed by atoms with Gasteiger partial charge in [0.2, 0.25) is 5.91 Å². The van der Waals surface area contributed by atoms with Gasteiger partial charge in [0, 0.05) is 19.4 Å². The second-order valence-electron chi connectivity index (χ2n) is 4.33. The van der Waals surface area contributed by atoms with Crippen molar-refractivity contribution in [3.63, 3.8) is 0 Å². The van der Waals surface area contributed by atoms with Crippen LogP contribution in [0.4, 0.5) is 0 Å². The number of carbonyl (C=O) groups excluding carboxylic acids is 2. The maximum absolute atomic E-state index is 11.9. The molecule has 3 atom stereocenters. The zero-order chi connectivity index (χ0) is 10.4. The van der Waals surface area contributed by atoms with Gasteiger partial charge in [0.25, 0.3) is 0 Å². The molecule has 1 amide bonds. The molecule has 0 aromatic carbocycles. The highest BCUT2D eigenvalue weighted by molar-refractivity contribution is 5.92. The van der Waals surface area contributed by atoms with Crippen molar-refractivity contribution < 1.29 is 14.3 Å². The average molecular weight is 207 g/mol. The third-order valence-corrected chi connectivity index (χ3v) is 3.34. The van der Waals surface area contributed by atoms with E-state index in [1.807, 2.05) is 12.2 Å². The predicted molar refractivity (Wildman–Crippen MR) is 52.2 cm³/mol. The largest absolute Gasteiger partial charge is 0.364 e. The molecular weight excluding hydrogens is 194 g/mol. The number of amides is 1. The van der Waals surface area contributed by atoms with Crippen LogP contribution in [0.5, 0.6) is 0 Å². The molecule has 3 aliphatic rings. The molecule has 0 spiro atoms. The van der Waals surface area contributed by atoms with Crippen molar-refractivity contribution in [2.75, 3.05) is 6.54 Å². The minimum absolute atomic E-state index is 0.0449. The number of likely N-dealkylation sites (tertiary alicyclic amines) is 1. The van der Waals surface area contributed by atoms with Gasteiger partial charge < -0.3 is 9.64 Å². The number of fused-ring (bicyclic) bond motifs is 2. The second-order valence-corrected chi connectivity index (χ2v) is 4.33. The van der Waals surface area contributed by atoms with Gasteiger partial charge >= 0.3 is 0 Å². The Kier molecular flexibility index (Phi) is 1.92. The normalized spacial score (nSPS) is 39.2. The molecule has 2 bridgehead atoms. The maximum atomic E-state index is 11.9. The zero-order valence-corrected chi connectivity index (χ0v) is 8.39. The third-order valence-electron chi connectivity index (χ3n) is 3.34. The fourth-order valence-electron chi connectivity index (χ4n) is 2.64. The predicted octanol–water partition coefficient (Wildman–Crippen LogP) is 0.274. The monoisotopic (exact) mass is 207 g/mol. The SMILES string of the molecule is O=C1C[C@@H]2C=C[C@@H](O2)[C@@H]1N1CCCC1=O. The molecule has 2 saturated heterocycles. The topological polar surface area (TPSA) is 46.6 Å². The average Bonchev–Trinajstić information content (AvgIpc) is 2.76. The van der Waals surface area contributed by atoms with Gasteiger partial charge in [-0.3, -0.25) is 9.59 Å². The molecule has 3 heterocycles. The highest BCUT2D eigenvalue weighted by atomic mass is 16.5. The summed E-state index contributed by atoms with van der Waals surface area (Å²) in [6.45, 7) is 0.702. The maximum Gasteiger partial charge on any atom is 0.223 e. The minimum atomic E-state index is -0.352. The Labute approximate surface area is 87.9 Å². The molecule has 0 saturated carbocycles. The van der Waals surface area contributed by atoms with E-state index in [0.29, 0.717) is 19.4 Å². The zero-order valence-electron chi connectivity index (χ0n) is 8.39. The van der Waals surface area contributed by atoms with Gasteiger partial charge in [-0.1, -0.05) is 12.2 Å². The van der Waals surface area contributed by atoms with E-state index in [4.69, 9.17) is 4.74 Å². The van der Waals surface area contributed by atoms with Crippen molar-refractivity contribution >= 4 is 11.7 Å². The Morgan fingerprint density at radius 2 is 2.20 bits per heavy atom. The van der Waals surface area contributed by atoms with Crippen molar-refractivity contribution in [2.24, 2.45) is 0 Å². The van der Waals surface area contributed by atoms with Crippen molar-refractivity contribution in [3.8, 4) is 0 Å². The molecule has 3 aliphatic heterocycles. The lowest BCUT2D eigenvalue weighted by Crippen LogP contribution is -2.52. The number of Topliss-reactive ketones (excluding diaryl/α,β-unsaturated/α-hetero) is 1. The number of ether oxygens (including phenoxy) is 1. The lowest BCUT2D eigenvalue weighted by atomic mass is 10.0. The summed E-state index contributed by atoms with van der Waals surface area (Å²) in [4.78, 5) is 25.2. The van der Waals surface area contributed by atoms with Crippen molar-refractivity contribution in [2.45, 2.75) is 37.5 Å². The Morgan fingerprint density at radius 1 is 1.33 bits per heavy atom. The van der Waals surface area contributed by atoms with Crippen LogP contribution in [0.1, 0.15) is 19.3 Å². The van der Waals surface area contributed by atoms with Crippen molar-refractivity contribution in [3.05, 3.63) is 12.2 Å². The number of ketones is 1. The van der Waals surface area contributed by atoms with Gasteiger partial charge in [0.1, 0.15) is 12.1 Å². The van der Waals surface area contributed by atoms with Crippen LogP contribution >= 0.6 is 0 Å². The van der Waals surface area contributed by atoms with Crippen LogP contribution in [-0.4, -0.2) is 41.4 Å². The van der Waals surface area contributed by atoms with Gasteiger partial charge in [-0.15, -0.1) is 0 Å². The fraction of sp³-hybridized carbons (Fsp3) is 0.636. The van der Waals surface area contributed by atoms with Gasteiger partial charge in [-0.05, 0) is 6.42 Å². The highest BCUT2D eigenvalue weighted by Gasteiger charge is 2.44. The lowest BCUT2D eigenvalue weighted by Gasteiger charge is -2.34.